The summed E-state index contributed by atoms with van der Waals surface area (Å²) in [4.78, 5) is 10.6. The molecule has 4 heterocycles. The van der Waals surface area contributed by atoms with E-state index in [2.05, 4.69) is 173 Å². The van der Waals surface area contributed by atoms with Crippen LogP contribution in [-0.4, -0.2) is 19.1 Å². The van der Waals surface area contributed by atoms with E-state index in [1.165, 1.54) is 65.1 Å². The number of hydrogen-bond acceptors (Lipinski definition) is 3. The third-order valence-electron chi connectivity index (χ3n) is 12.9. The van der Waals surface area contributed by atoms with E-state index >= 15 is 0 Å². The molecule has 0 amide bonds. The maximum absolute atomic E-state index is 6.34. The molecule has 1 aliphatic heterocycles. The molecule has 3 aromatic heterocycles. The minimum atomic E-state index is 0.635. The van der Waals surface area contributed by atoms with E-state index in [1.54, 1.807) is 0 Å². The second-order valence-corrected chi connectivity index (χ2v) is 16.1. The maximum atomic E-state index is 6.34. The molecule has 0 bridgehead atoms. The summed E-state index contributed by atoms with van der Waals surface area (Å²) in [5.41, 5.74) is 10.7. The van der Waals surface area contributed by atoms with Crippen molar-refractivity contribution in [3.8, 4) is 45.5 Å². The van der Waals surface area contributed by atoms with Crippen LogP contribution in [0.15, 0.2) is 194 Å². The van der Waals surface area contributed by atoms with Crippen molar-refractivity contribution in [2.45, 2.75) is 0 Å². The minimum absolute atomic E-state index is 0.635. The summed E-state index contributed by atoms with van der Waals surface area (Å²) in [6.45, 7) is 0. The van der Waals surface area contributed by atoms with Gasteiger partial charge in [-0.15, -0.1) is 0 Å². The number of hydrogen-bond donors (Lipinski definition) is 0. The van der Waals surface area contributed by atoms with Crippen molar-refractivity contribution >= 4 is 86.8 Å². The molecule has 5 heteroatoms. The van der Waals surface area contributed by atoms with Crippen LogP contribution in [0.2, 0.25) is 0 Å². The smallest absolute Gasteiger partial charge is 0.235 e. The minimum Gasteiger partial charge on any atom is -0.456 e. The molecule has 0 N–H and O–H groups in total. The van der Waals surface area contributed by atoms with Crippen molar-refractivity contribution in [3.05, 3.63) is 194 Å². The number of para-hydroxylation sites is 2. The molecule has 0 unspecified atom stereocenters. The first-order valence-electron chi connectivity index (χ1n) is 20.7. The van der Waals surface area contributed by atoms with Crippen molar-refractivity contribution in [2.75, 3.05) is 0 Å². The molecule has 0 spiro atoms. The summed E-state index contributed by atoms with van der Waals surface area (Å²) in [6, 6.07) is 69.8. The van der Waals surface area contributed by atoms with Crippen LogP contribution in [0.25, 0.3) is 121 Å². The number of aromatic nitrogens is 4. The molecule has 0 saturated heterocycles. The van der Waals surface area contributed by atoms with Crippen molar-refractivity contribution in [1.29, 1.82) is 0 Å². The molecule has 1 aliphatic rings. The van der Waals surface area contributed by atoms with Crippen molar-refractivity contribution in [1.82, 2.24) is 19.1 Å². The third-order valence-corrected chi connectivity index (χ3v) is 12.9. The lowest BCUT2D eigenvalue weighted by atomic mass is 9.99. The summed E-state index contributed by atoms with van der Waals surface area (Å²) in [7, 11) is 0. The van der Waals surface area contributed by atoms with Gasteiger partial charge < -0.3 is 9.30 Å². The Labute approximate surface area is 348 Å². The van der Waals surface area contributed by atoms with Gasteiger partial charge >= 0.3 is 0 Å². The largest absolute Gasteiger partial charge is 0.456 e. The van der Waals surface area contributed by atoms with Crippen molar-refractivity contribution < 1.29 is 4.74 Å². The Hall–Kier alpha value is -8.28. The van der Waals surface area contributed by atoms with E-state index in [0.717, 1.165) is 61.3 Å². The number of nitrogens with zero attached hydrogens (tertiary/aromatic N) is 4. The zero-order valence-corrected chi connectivity index (χ0v) is 32.7. The third kappa shape index (κ3) is 4.60. The Morgan fingerprint density at radius 1 is 0.361 bits per heavy atom. The molecule has 0 radical (unpaired) electrons. The van der Waals surface area contributed by atoms with Gasteiger partial charge in [-0.2, -0.15) is 0 Å². The summed E-state index contributed by atoms with van der Waals surface area (Å²) in [5, 5.41) is 13.2. The van der Waals surface area contributed by atoms with Crippen molar-refractivity contribution in [2.24, 2.45) is 0 Å². The molecule has 0 atom stereocenters. The Balaban J connectivity index is 0.979. The van der Waals surface area contributed by atoms with E-state index in [9.17, 15) is 0 Å². The SMILES string of the molecule is c1ccc2c(c1)Oc1cccc3nc(-n4c5ccc(-c6ccc7c(c6)c6ccccc6n7-c6ccc7c(ccc8ccccc87)c6)cc5c5c6ccccc6ccc54)nc-2c13. The molecule has 0 saturated carbocycles. The summed E-state index contributed by atoms with van der Waals surface area (Å²) < 4.78 is 11.0. The van der Waals surface area contributed by atoms with Gasteiger partial charge in [0.1, 0.15) is 11.5 Å². The number of fused-ring (bicyclic) bond motifs is 13. The number of ether oxygens (including phenoxy) is 1. The van der Waals surface area contributed by atoms with Gasteiger partial charge in [-0.05, 0) is 116 Å². The lowest BCUT2D eigenvalue weighted by Gasteiger charge is -2.21. The zero-order valence-electron chi connectivity index (χ0n) is 32.7. The summed E-state index contributed by atoms with van der Waals surface area (Å²) >= 11 is 0. The fourth-order valence-electron chi connectivity index (χ4n) is 10.1. The molecular weight excluding hydrogens is 745 g/mol. The standard InChI is InChI=1S/C56H32N4O/c1-3-12-39-33(10-1)20-21-37-30-38(25-26-40(37)39)59-47-17-7-5-14-42(47)44-31-35(23-27-48(44)59)36-24-28-49-45(32-36)53-41-13-4-2-11-34(41)22-29-50(53)60(49)56-57-46-16-9-19-52-54(46)55(58-56)43-15-6-8-18-51(43)61-52/h1-32H. The highest BCUT2D eigenvalue weighted by Gasteiger charge is 2.25. The Bertz CT molecular complexity index is 4040. The van der Waals surface area contributed by atoms with Gasteiger partial charge in [0.25, 0.3) is 0 Å². The Kier molecular flexibility index (Phi) is 6.49. The van der Waals surface area contributed by atoms with E-state index in [4.69, 9.17) is 14.7 Å². The van der Waals surface area contributed by atoms with Gasteiger partial charge in [-0.3, -0.25) is 4.57 Å². The molecule has 14 rings (SSSR count). The molecule has 0 aliphatic carbocycles. The van der Waals surface area contributed by atoms with Gasteiger partial charge in [0.05, 0.1) is 38.7 Å². The number of benzene rings is 10. The summed E-state index contributed by atoms with van der Waals surface area (Å²) in [5.74, 6) is 2.22. The predicted molar refractivity (Wildman–Crippen MR) is 252 cm³/mol. The van der Waals surface area contributed by atoms with Crippen LogP contribution in [-0.2, 0) is 0 Å². The lowest BCUT2D eigenvalue weighted by Crippen LogP contribution is -2.06. The Morgan fingerprint density at radius 2 is 1.00 bits per heavy atom. The van der Waals surface area contributed by atoms with Crippen LogP contribution in [0.4, 0.5) is 0 Å². The van der Waals surface area contributed by atoms with Crippen LogP contribution in [0, 0.1) is 0 Å². The second-order valence-electron chi connectivity index (χ2n) is 16.1. The van der Waals surface area contributed by atoms with Crippen LogP contribution < -0.4 is 4.74 Å². The van der Waals surface area contributed by atoms with E-state index in [0.29, 0.717) is 5.95 Å². The highest BCUT2D eigenvalue weighted by molar-refractivity contribution is 6.22. The number of rotatable bonds is 3. The van der Waals surface area contributed by atoms with Crippen molar-refractivity contribution in [3.63, 3.8) is 0 Å². The second kappa shape index (κ2) is 12.1. The van der Waals surface area contributed by atoms with Gasteiger partial charge in [0, 0.05) is 32.8 Å². The predicted octanol–water partition coefficient (Wildman–Crippen LogP) is 14.7. The molecule has 5 nitrogen and oxygen atoms in total. The molecular formula is C56H32N4O. The van der Waals surface area contributed by atoms with E-state index in [-0.39, 0.29) is 0 Å². The monoisotopic (exact) mass is 776 g/mol. The van der Waals surface area contributed by atoms with Gasteiger partial charge in [-0.25, -0.2) is 9.97 Å². The topological polar surface area (TPSA) is 44.9 Å². The average Bonchev–Trinajstić information content (AvgIpc) is 3.84. The molecule has 61 heavy (non-hydrogen) atoms. The first-order chi connectivity index (χ1) is 30.2. The first kappa shape index (κ1) is 32.7. The van der Waals surface area contributed by atoms with E-state index in [1.807, 2.05) is 30.3 Å². The molecule has 282 valence electrons. The lowest BCUT2D eigenvalue weighted by molar-refractivity contribution is 0.486. The van der Waals surface area contributed by atoms with Gasteiger partial charge in [-0.1, -0.05) is 121 Å². The van der Waals surface area contributed by atoms with Gasteiger partial charge in [0.15, 0.2) is 0 Å². The Morgan fingerprint density at radius 3 is 1.89 bits per heavy atom. The highest BCUT2D eigenvalue weighted by Crippen LogP contribution is 2.46. The zero-order chi connectivity index (χ0) is 39.8. The van der Waals surface area contributed by atoms with Gasteiger partial charge in [0.2, 0.25) is 5.95 Å². The van der Waals surface area contributed by atoms with Crippen LogP contribution in [0.3, 0.4) is 0 Å². The first-order valence-corrected chi connectivity index (χ1v) is 20.7. The van der Waals surface area contributed by atoms with Crippen LogP contribution >= 0.6 is 0 Å². The quantitative estimate of drug-likeness (QED) is 0.168. The van der Waals surface area contributed by atoms with Crippen LogP contribution in [0.1, 0.15) is 0 Å². The molecule has 10 aromatic carbocycles. The fourth-order valence-corrected chi connectivity index (χ4v) is 10.1. The highest BCUT2D eigenvalue weighted by atomic mass is 16.5. The fraction of sp³-hybridized carbons (Fsp3) is 0. The maximum Gasteiger partial charge on any atom is 0.235 e. The van der Waals surface area contributed by atoms with E-state index < -0.39 is 0 Å². The molecule has 0 fully saturated rings. The summed E-state index contributed by atoms with van der Waals surface area (Å²) in [6.07, 6.45) is 0. The van der Waals surface area contributed by atoms with Crippen LogP contribution in [0.5, 0.6) is 11.5 Å². The molecule has 13 aromatic rings. The average molecular weight is 777 g/mol. The normalized spacial score (nSPS) is 12.4.